The van der Waals surface area contributed by atoms with Crippen LogP contribution in [0, 0.1) is 6.57 Å². The van der Waals surface area contributed by atoms with Crippen molar-refractivity contribution in [1.82, 2.24) is 0 Å². The van der Waals surface area contributed by atoms with Gasteiger partial charge < -0.3 is 9.32 Å². The Balaban J connectivity index is 1.85. The number of anilines is 2. The van der Waals surface area contributed by atoms with Crippen molar-refractivity contribution in [3.05, 3.63) is 77.6 Å². The van der Waals surface area contributed by atoms with Gasteiger partial charge in [0, 0.05) is 23.5 Å². The molecule has 134 valence electrons. The smallest absolute Gasteiger partial charge is 0.229 e. The van der Waals surface area contributed by atoms with E-state index in [0.29, 0.717) is 11.3 Å². The molecule has 0 saturated heterocycles. The van der Waals surface area contributed by atoms with Crippen molar-refractivity contribution >= 4 is 39.0 Å². The molecule has 0 aliphatic rings. The summed E-state index contributed by atoms with van der Waals surface area (Å²) >= 11 is 0. The highest BCUT2D eigenvalue weighted by molar-refractivity contribution is 6.12. The lowest BCUT2D eigenvalue weighted by molar-refractivity contribution is 0.590. The van der Waals surface area contributed by atoms with Crippen LogP contribution in [0.4, 0.5) is 17.1 Å². The van der Waals surface area contributed by atoms with Gasteiger partial charge in [-0.2, -0.15) is 0 Å². The van der Waals surface area contributed by atoms with E-state index in [0.717, 1.165) is 27.7 Å². The first-order chi connectivity index (χ1) is 12.9. The monoisotopic (exact) mass is 354 g/mol. The number of fused-ring (bicyclic) bond motifs is 3. The fourth-order valence-electron chi connectivity index (χ4n) is 3.47. The quantitative estimate of drug-likeness (QED) is 0.355. The zero-order chi connectivity index (χ0) is 19.2. The molecular formula is C24H22N2O. The zero-order valence-corrected chi connectivity index (χ0v) is 16.1. The lowest BCUT2D eigenvalue weighted by Gasteiger charge is -2.23. The Morgan fingerprint density at radius 3 is 2.11 bits per heavy atom. The molecule has 3 heteroatoms. The largest absolute Gasteiger partial charge is 0.465 e. The number of hydrogen-bond donors (Lipinski definition) is 0. The second-order valence-corrected chi connectivity index (χ2v) is 7.88. The standard InChI is InChI=1S/C24H22N2O/c1-24(2,3)16-12-14-17(15-13-16)26(5)21-11-7-9-19-18-8-6-10-20(25-4)22(18)27-23(19)21/h6-15H,1-3,5H3. The van der Waals surface area contributed by atoms with Gasteiger partial charge in [0.25, 0.3) is 0 Å². The van der Waals surface area contributed by atoms with Crippen molar-refractivity contribution < 1.29 is 4.42 Å². The summed E-state index contributed by atoms with van der Waals surface area (Å²) in [5, 5.41) is 2.02. The number of furan rings is 1. The van der Waals surface area contributed by atoms with Gasteiger partial charge in [0.2, 0.25) is 5.69 Å². The highest BCUT2D eigenvalue weighted by atomic mass is 16.3. The minimum atomic E-state index is 0.131. The van der Waals surface area contributed by atoms with E-state index in [1.54, 1.807) is 6.07 Å². The molecule has 0 spiro atoms. The Hall–Kier alpha value is -3.25. The molecule has 0 fully saturated rings. The van der Waals surface area contributed by atoms with Gasteiger partial charge in [-0.15, -0.1) is 0 Å². The zero-order valence-electron chi connectivity index (χ0n) is 16.1. The maximum absolute atomic E-state index is 7.40. The van der Waals surface area contributed by atoms with Crippen molar-refractivity contribution in [1.29, 1.82) is 0 Å². The predicted octanol–water partition coefficient (Wildman–Crippen LogP) is 7.20. The normalized spacial score (nSPS) is 11.7. The van der Waals surface area contributed by atoms with Gasteiger partial charge in [0.15, 0.2) is 5.58 Å². The van der Waals surface area contributed by atoms with E-state index in [-0.39, 0.29) is 5.41 Å². The van der Waals surface area contributed by atoms with E-state index < -0.39 is 0 Å². The average Bonchev–Trinajstić information content (AvgIpc) is 3.05. The van der Waals surface area contributed by atoms with Crippen molar-refractivity contribution in [2.75, 3.05) is 11.9 Å². The van der Waals surface area contributed by atoms with Gasteiger partial charge in [-0.25, -0.2) is 4.85 Å². The Labute approximate surface area is 159 Å². The van der Waals surface area contributed by atoms with Crippen LogP contribution < -0.4 is 4.90 Å². The fraction of sp³-hybridized carbons (Fsp3) is 0.208. The average molecular weight is 354 g/mol. The van der Waals surface area contributed by atoms with E-state index >= 15 is 0 Å². The molecule has 0 atom stereocenters. The summed E-state index contributed by atoms with van der Waals surface area (Å²) in [5.41, 5.74) is 5.54. The molecule has 0 N–H and O–H groups in total. The van der Waals surface area contributed by atoms with E-state index in [1.165, 1.54) is 5.56 Å². The Morgan fingerprint density at radius 1 is 0.852 bits per heavy atom. The lowest BCUT2D eigenvalue weighted by atomic mass is 9.87. The van der Waals surface area contributed by atoms with Gasteiger partial charge in [0.05, 0.1) is 12.3 Å². The van der Waals surface area contributed by atoms with Gasteiger partial charge in [0.1, 0.15) is 5.58 Å². The van der Waals surface area contributed by atoms with Gasteiger partial charge in [-0.05, 0) is 29.2 Å². The third-order valence-electron chi connectivity index (χ3n) is 5.09. The molecule has 0 aliphatic carbocycles. The summed E-state index contributed by atoms with van der Waals surface area (Å²) in [6.07, 6.45) is 0. The van der Waals surface area contributed by atoms with Crippen LogP contribution in [0.15, 0.2) is 65.1 Å². The fourth-order valence-corrected chi connectivity index (χ4v) is 3.47. The molecule has 0 unspecified atom stereocenters. The van der Waals surface area contributed by atoms with Crippen LogP contribution in [0.25, 0.3) is 26.8 Å². The summed E-state index contributed by atoms with van der Waals surface area (Å²) in [6, 6.07) is 20.5. The van der Waals surface area contributed by atoms with E-state index in [2.05, 4.69) is 66.9 Å². The van der Waals surface area contributed by atoms with Crippen LogP contribution in [-0.2, 0) is 5.41 Å². The maximum Gasteiger partial charge on any atom is 0.229 e. The van der Waals surface area contributed by atoms with E-state index in [4.69, 9.17) is 11.0 Å². The molecule has 3 nitrogen and oxygen atoms in total. The topological polar surface area (TPSA) is 20.7 Å². The summed E-state index contributed by atoms with van der Waals surface area (Å²) < 4.78 is 6.17. The highest BCUT2D eigenvalue weighted by Gasteiger charge is 2.17. The number of benzene rings is 3. The van der Waals surface area contributed by atoms with Crippen molar-refractivity contribution in [3.63, 3.8) is 0 Å². The van der Waals surface area contributed by atoms with Crippen LogP contribution in [-0.4, -0.2) is 7.05 Å². The molecule has 0 amide bonds. The molecule has 1 aromatic heterocycles. The summed E-state index contributed by atoms with van der Waals surface area (Å²) in [4.78, 5) is 5.74. The Kier molecular flexibility index (Phi) is 3.93. The van der Waals surface area contributed by atoms with Crippen LogP contribution in [0.5, 0.6) is 0 Å². The molecule has 0 saturated carbocycles. The molecule has 3 aromatic carbocycles. The Morgan fingerprint density at radius 2 is 1.48 bits per heavy atom. The first-order valence-corrected chi connectivity index (χ1v) is 9.06. The number of rotatable bonds is 2. The van der Waals surface area contributed by atoms with Crippen LogP contribution in [0.1, 0.15) is 26.3 Å². The van der Waals surface area contributed by atoms with Crippen LogP contribution in [0.3, 0.4) is 0 Å². The van der Waals surface area contributed by atoms with E-state index in [9.17, 15) is 0 Å². The SMILES string of the molecule is [C-]#[N+]c1cccc2c1oc1c(N(C)c3ccc(C(C)(C)C)cc3)cccc12. The van der Waals surface area contributed by atoms with Crippen LogP contribution in [0.2, 0.25) is 0 Å². The number of hydrogen-bond acceptors (Lipinski definition) is 2. The molecule has 1 heterocycles. The third-order valence-corrected chi connectivity index (χ3v) is 5.09. The molecule has 4 aromatic rings. The van der Waals surface area contributed by atoms with Crippen molar-refractivity contribution in [2.24, 2.45) is 0 Å². The van der Waals surface area contributed by atoms with E-state index in [1.807, 2.05) is 25.2 Å². The second kappa shape index (κ2) is 6.17. The van der Waals surface area contributed by atoms with Crippen LogP contribution >= 0.6 is 0 Å². The molecule has 4 rings (SSSR count). The molecule has 0 aliphatic heterocycles. The van der Waals surface area contributed by atoms with Crippen molar-refractivity contribution in [2.45, 2.75) is 26.2 Å². The molecular weight excluding hydrogens is 332 g/mol. The maximum atomic E-state index is 7.40. The second-order valence-electron chi connectivity index (χ2n) is 7.88. The predicted molar refractivity (Wildman–Crippen MR) is 113 cm³/mol. The summed E-state index contributed by atoms with van der Waals surface area (Å²) in [6.45, 7) is 14.1. The minimum Gasteiger partial charge on any atom is -0.465 e. The summed E-state index contributed by atoms with van der Waals surface area (Å²) in [5.74, 6) is 0. The number of para-hydroxylation sites is 2. The lowest BCUT2D eigenvalue weighted by Crippen LogP contribution is -2.13. The highest BCUT2D eigenvalue weighted by Crippen LogP contribution is 2.40. The Bertz CT molecular complexity index is 1170. The van der Waals surface area contributed by atoms with Crippen molar-refractivity contribution in [3.8, 4) is 0 Å². The summed E-state index contributed by atoms with van der Waals surface area (Å²) in [7, 11) is 2.05. The molecule has 0 radical (unpaired) electrons. The minimum absolute atomic E-state index is 0.131. The molecule has 0 bridgehead atoms. The van der Waals surface area contributed by atoms with Gasteiger partial charge in [-0.1, -0.05) is 63.2 Å². The van der Waals surface area contributed by atoms with Gasteiger partial charge in [-0.3, -0.25) is 0 Å². The molecule has 27 heavy (non-hydrogen) atoms. The first-order valence-electron chi connectivity index (χ1n) is 9.06. The number of nitrogens with zero attached hydrogens (tertiary/aromatic N) is 2. The third kappa shape index (κ3) is 2.84. The van der Waals surface area contributed by atoms with Gasteiger partial charge >= 0.3 is 0 Å². The first kappa shape index (κ1) is 17.2.